The average Bonchev–Trinajstić information content (AvgIpc) is 2.66. The van der Waals surface area contributed by atoms with E-state index in [0.717, 1.165) is 6.42 Å². The number of aromatic carboxylic acids is 1. The molecule has 1 aromatic carbocycles. The van der Waals surface area contributed by atoms with E-state index in [1.165, 1.54) is 6.07 Å². The molecule has 0 bridgehead atoms. The molecule has 0 amide bonds. The second-order valence-electron chi connectivity index (χ2n) is 5.03. The molecule has 1 aromatic heterocycles. The van der Waals surface area contributed by atoms with Crippen molar-refractivity contribution >= 4 is 17.0 Å². The number of carbonyl (C=O) groups is 1. The maximum atomic E-state index is 12.1. The lowest BCUT2D eigenvalue weighted by Crippen LogP contribution is -2.26. The van der Waals surface area contributed by atoms with Crippen LogP contribution in [0.4, 0.5) is 0 Å². The van der Waals surface area contributed by atoms with Crippen LogP contribution in [0.15, 0.2) is 23.0 Å². The Kier molecular flexibility index (Phi) is 3.46. The molecular weight excluding hydrogens is 244 g/mol. The van der Waals surface area contributed by atoms with Gasteiger partial charge in [-0.15, -0.1) is 0 Å². The molecule has 0 aliphatic rings. The Balaban J connectivity index is 2.83. The predicted molar refractivity (Wildman–Crippen MR) is 73.7 cm³/mol. The van der Waals surface area contributed by atoms with Crippen LogP contribution in [-0.4, -0.2) is 20.6 Å². The van der Waals surface area contributed by atoms with Gasteiger partial charge in [0.2, 0.25) is 0 Å². The van der Waals surface area contributed by atoms with Gasteiger partial charge in [-0.1, -0.05) is 26.8 Å². The van der Waals surface area contributed by atoms with Crippen LogP contribution >= 0.6 is 0 Å². The number of benzene rings is 1. The molecule has 1 atom stereocenters. The van der Waals surface area contributed by atoms with E-state index in [0.29, 0.717) is 11.0 Å². The van der Waals surface area contributed by atoms with Crippen molar-refractivity contribution in [2.75, 3.05) is 0 Å². The molecule has 1 unspecified atom stereocenters. The average molecular weight is 262 g/mol. The number of aromatic amines is 1. The number of hydrogen-bond donors (Lipinski definition) is 2. The molecule has 2 N–H and O–H groups in total. The Morgan fingerprint density at radius 1 is 1.42 bits per heavy atom. The van der Waals surface area contributed by atoms with E-state index in [2.05, 4.69) is 4.98 Å². The first-order valence-corrected chi connectivity index (χ1v) is 6.43. The van der Waals surface area contributed by atoms with Gasteiger partial charge in [0.1, 0.15) is 0 Å². The Morgan fingerprint density at radius 3 is 2.63 bits per heavy atom. The lowest BCUT2D eigenvalue weighted by molar-refractivity contribution is 0.0698. The number of aromatic nitrogens is 2. The van der Waals surface area contributed by atoms with Crippen molar-refractivity contribution in [2.45, 2.75) is 33.2 Å². The zero-order valence-electron chi connectivity index (χ0n) is 11.3. The maximum Gasteiger partial charge on any atom is 0.337 e. The van der Waals surface area contributed by atoms with Gasteiger partial charge in [-0.3, -0.25) is 4.57 Å². The second-order valence-corrected chi connectivity index (χ2v) is 5.03. The Bertz CT molecular complexity index is 667. The third-order valence-electron chi connectivity index (χ3n) is 3.49. The third kappa shape index (κ3) is 2.16. The summed E-state index contributed by atoms with van der Waals surface area (Å²) in [6, 6.07) is 4.89. The molecule has 102 valence electrons. The zero-order chi connectivity index (χ0) is 14.2. The molecule has 0 spiro atoms. The summed E-state index contributed by atoms with van der Waals surface area (Å²) in [6.45, 7) is 6.06. The minimum absolute atomic E-state index is 0.0123. The highest BCUT2D eigenvalue weighted by atomic mass is 16.4. The van der Waals surface area contributed by atoms with E-state index in [4.69, 9.17) is 0 Å². The maximum absolute atomic E-state index is 12.1. The van der Waals surface area contributed by atoms with E-state index < -0.39 is 5.97 Å². The van der Waals surface area contributed by atoms with Crippen LogP contribution in [0.2, 0.25) is 0 Å². The van der Waals surface area contributed by atoms with E-state index in [9.17, 15) is 14.7 Å². The minimum atomic E-state index is -1.02. The fourth-order valence-electron chi connectivity index (χ4n) is 2.62. The summed E-state index contributed by atoms with van der Waals surface area (Å²) in [5, 5.41) is 9.28. The number of imidazole rings is 1. The highest BCUT2D eigenvalue weighted by molar-refractivity contribution is 6.01. The zero-order valence-corrected chi connectivity index (χ0v) is 11.3. The highest BCUT2D eigenvalue weighted by Gasteiger charge is 2.22. The molecule has 19 heavy (non-hydrogen) atoms. The lowest BCUT2D eigenvalue weighted by atomic mass is 10.0. The van der Waals surface area contributed by atoms with Gasteiger partial charge >= 0.3 is 11.7 Å². The summed E-state index contributed by atoms with van der Waals surface area (Å²) in [5.74, 6) is -0.763. The summed E-state index contributed by atoms with van der Waals surface area (Å²) in [4.78, 5) is 26.2. The van der Waals surface area contributed by atoms with Gasteiger partial charge < -0.3 is 10.1 Å². The van der Waals surface area contributed by atoms with Crippen LogP contribution in [0, 0.1) is 5.92 Å². The number of rotatable bonds is 4. The number of nitrogens with one attached hydrogen (secondary N) is 1. The van der Waals surface area contributed by atoms with E-state index in [-0.39, 0.29) is 23.2 Å². The molecule has 5 nitrogen and oxygen atoms in total. The molecule has 0 saturated heterocycles. The van der Waals surface area contributed by atoms with Gasteiger partial charge in [-0.2, -0.15) is 0 Å². The van der Waals surface area contributed by atoms with Crippen molar-refractivity contribution in [2.24, 2.45) is 5.92 Å². The molecular formula is C14H18N2O3. The lowest BCUT2D eigenvalue weighted by Gasteiger charge is -2.21. The smallest absolute Gasteiger partial charge is 0.337 e. The van der Waals surface area contributed by atoms with Gasteiger partial charge in [-0.05, 0) is 24.5 Å². The highest BCUT2D eigenvalue weighted by Crippen LogP contribution is 2.26. The van der Waals surface area contributed by atoms with Crippen molar-refractivity contribution in [3.63, 3.8) is 0 Å². The molecule has 0 aliphatic heterocycles. The van der Waals surface area contributed by atoms with E-state index >= 15 is 0 Å². The van der Waals surface area contributed by atoms with Crippen LogP contribution in [0.3, 0.4) is 0 Å². The van der Waals surface area contributed by atoms with Gasteiger partial charge in [0.25, 0.3) is 0 Å². The number of nitrogens with zero attached hydrogens (tertiary/aromatic N) is 1. The van der Waals surface area contributed by atoms with Crippen molar-refractivity contribution in [3.05, 3.63) is 34.2 Å². The quantitative estimate of drug-likeness (QED) is 0.889. The molecule has 2 rings (SSSR count). The molecule has 0 saturated carbocycles. The number of para-hydroxylation sites is 1. The predicted octanol–water partition coefficient (Wildman–Crippen LogP) is 2.63. The fourth-order valence-corrected chi connectivity index (χ4v) is 2.62. The molecule has 2 aromatic rings. The SMILES string of the molecule is CCC(C(C)C)n1c(=O)[nH]c2cccc(C(=O)O)c21. The number of fused-ring (bicyclic) bond motifs is 1. The van der Waals surface area contributed by atoms with Gasteiger partial charge in [0.05, 0.1) is 16.6 Å². The molecule has 0 radical (unpaired) electrons. The van der Waals surface area contributed by atoms with Gasteiger partial charge in [0, 0.05) is 6.04 Å². The fraction of sp³-hybridized carbons (Fsp3) is 0.429. The molecule has 5 heteroatoms. The summed E-state index contributed by atoms with van der Waals surface area (Å²) >= 11 is 0. The molecule has 0 fully saturated rings. The van der Waals surface area contributed by atoms with Crippen molar-refractivity contribution in [3.8, 4) is 0 Å². The standard InChI is InChI=1S/C14H18N2O3/c1-4-11(8(2)3)16-12-9(13(17)18)6-5-7-10(12)15-14(16)19/h5-8,11H,4H2,1-3H3,(H,15,19)(H,17,18). The summed E-state index contributed by atoms with van der Waals surface area (Å²) in [7, 11) is 0. The van der Waals surface area contributed by atoms with Crippen molar-refractivity contribution < 1.29 is 9.90 Å². The monoisotopic (exact) mass is 262 g/mol. The Labute approximate surface area is 110 Å². The minimum Gasteiger partial charge on any atom is -0.478 e. The number of hydrogen-bond acceptors (Lipinski definition) is 2. The first kappa shape index (κ1) is 13.4. The Hall–Kier alpha value is -2.04. The Morgan fingerprint density at radius 2 is 2.11 bits per heavy atom. The summed E-state index contributed by atoms with van der Waals surface area (Å²) < 4.78 is 1.59. The van der Waals surface area contributed by atoms with Crippen LogP contribution < -0.4 is 5.69 Å². The van der Waals surface area contributed by atoms with Crippen molar-refractivity contribution in [1.82, 2.24) is 9.55 Å². The normalized spacial score (nSPS) is 13.1. The van der Waals surface area contributed by atoms with Crippen LogP contribution in [0.5, 0.6) is 0 Å². The number of H-pyrrole nitrogens is 1. The number of carboxylic acids is 1. The van der Waals surface area contributed by atoms with Crippen LogP contribution in [0.25, 0.3) is 11.0 Å². The number of carboxylic acid groups (broad SMARTS) is 1. The first-order chi connectivity index (χ1) is 8.97. The van der Waals surface area contributed by atoms with Crippen LogP contribution in [0.1, 0.15) is 43.6 Å². The van der Waals surface area contributed by atoms with Crippen molar-refractivity contribution in [1.29, 1.82) is 0 Å². The van der Waals surface area contributed by atoms with E-state index in [1.807, 2.05) is 20.8 Å². The van der Waals surface area contributed by atoms with E-state index in [1.54, 1.807) is 16.7 Å². The van der Waals surface area contributed by atoms with Gasteiger partial charge in [0.15, 0.2) is 0 Å². The summed E-state index contributed by atoms with van der Waals surface area (Å²) in [6.07, 6.45) is 0.776. The largest absolute Gasteiger partial charge is 0.478 e. The van der Waals surface area contributed by atoms with Gasteiger partial charge in [-0.25, -0.2) is 9.59 Å². The van der Waals surface area contributed by atoms with Crippen LogP contribution in [-0.2, 0) is 0 Å². The third-order valence-corrected chi connectivity index (χ3v) is 3.49. The topological polar surface area (TPSA) is 75.1 Å². The first-order valence-electron chi connectivity index (χ1n) is 6.43. The second kappa shape index (κ2) is 4.91. The molecule has 1 heterocycles. The molecule has 0 aliphatic carbocycles. The summed E-state index contributed by atoms with van der Waals surface area (Å²) in [5.41, 5.74) is 0.976.